The maximum atomic E-state index is 13.1. The number of ether oxygens (including phenoxy) is 1. The fraction of sp³-hybridized carbons (Fsp3) is 0.500. The van der Waals surface area contributed by atoms with Gasteiger partial charge in [-0.25, -0.2) is 19.6 Å². The van der Waals surface area contributed by atoms with Gasteiger partial charge >= 0.3 is 12.1 Å². The predicted octanol–water partition coefficient (Wildman–Crippen LogP) is 0.349. The van der Waals surface area contributed by atoms with Gasteiger partial charge in [0.15, 0.2) is 10.8 Å². The lowest BCUT2D eigenvalue weighted by Gasteiger charge is -2.36. The molecule has 1 fully saturated rings. The maximum absolute atomic E-state index is 13.1. The summed E-state index contributed by atoms with van der Waals surface area (Å²) in [4.78, 5) is 61.8. The number of oxime groups is 1. The second-order valence-electron chi connectivity index (χ2n) is 9.20. The lowest BCUT2D eigenvalue weighted by Crippen LogP contribution is -2.70. The van der Waals surface area contributed by atoms with Crippen LogP contribution in [0.5, 0.6) is 0 Å². The molecule has 16 heteroatoms. The first-order valence-electron chi connectivity index (χ1n) is 10.6. The van der Waals surface area contributed by atoms with Crippen LogP contribution in [0.4, 0.5) is 9.93 Å². The molecule has 0 saturated carbocycles. The second kappa shape index (κ2) is 10.3. The van der Waals surface area contributed by atoms with Crippen LogP contribution in [0.1, 0.15) is 40.3 Å². The quantitative estimate of drug-likeness (QED) is 0.202. The summed E-state index contributed by atoms with van der Waals surface area (Å²) >= 11 is 0.978. The molecule has 0 radical (unpaired) electrons. The van der Waals surface area contributed by atoms with Gasteiger partial charge in [0.25, 0.3) is 5.91 Å². The van der Waals surface area contributed by atoms with Gasteiger partial charge < -0.3 is 25.3 Å². The van der Waals surface area contributed by atoms with Crippen LogP contribution in [-0.2, 0) is 30.5 Å². The minimum Gasteiger partial charge on any atom is -0.478 e. The fourth-order valence-corrected chi connectivity index (χ4v) is 3.41. The number of hydrogen-bond donors (Lipinski definition) is 4. The Morgan fingerprint density at radius 3 is 2.58 bits per heavy atom. The average Bonchev–Trinajstić information content (AvgIpc) is 3.43. The number of anilines is 1. The van der Waals surface area contributed by atoms with E-state index in [0.29, 0.717) is 0 Å². The number of hydrogen-bond acceptors (Lipinski definition) is 11. The van der Waals surface area contributed by atoms with Crippen molar-refractivity contribution in [2.45, 2.75) is 64.4 Å². The summed E-state index contributed by atoms with van der Waals surface area (Å²) in [5.41, 5.74) is -2.91. The van der Waals surface area contributed by atoms with Crippen LogP contribution in [0.15, 0.2) is 23.2 Å². The highest BCUT2D eigenvalue weighted by Crippen LogP contribution is 2.20. The molecule has 3 rings (SSSR count). The van der Waals surface area contributed by atoms with Crippen LogP contribution in [0.25, 0.3) is 0 Å². The maximum Gasteiger partial charge on any atom is 0.413 e. The average molecular weight is 523 g/mol. The molecule has 0 aliphatic carbocycles. The Kier molecular flexibility index (Phi) is 7.57. The van der Waals surface area contributed by atoms with Crippen LogP contribution in [-0.4, -0.2) is 77.7 Å². The predicted molar refractivity (Wildman–Crippen MR) is 125 cm³/mol. The van der Waals surface area contributed by atoms with E-state index in [1.54, 1.807) is 20.8 Å². The van der Waals surface area contributed by atoms with Crippen LogP contribution in [0.3, 0.4) is 0 Å². The van der Waals surface area contributed by atoms with Crippen molar-refractivity contribution in [3.05, 3.63) is 23.7 Å². The number of rotatable bonds is 9. The van der Waals surface area contributed by atoms with Gasteiger partial charge in [0.05, 0.1) is 12.6 Å². The molecule has 3 amide bonds. The van der Waals surface area contributed by atoms with E-state index in [9.17, 15) is 24.3 Å². The Hall–Kier alpha value is -4.08. The van der Waals surface area contributed by atoms with Crippen molar-refractivity contribution in [1.82, 2.24) is 30.4 Å². The zero-order chi connectivity index (χ0) is 26.7. The summed E-state index contributed by atoms with van der Waals surface area (Å²) in [5.74, 6) is -2.58. The van der Waals surface area contributed by atoms with Crippen LogP contribution in [0.2, 0.25) is 0 Å². The molecule has 1 aliphatic rings. The highest BCUT2D eigenvalue weighted by atomic mass is 32.1. The first-order chi connectivity index (χ1) is 16.7. The standard InChI is InChI=1S/C20H26N8O7S/c1-19(2,3)34-18(33)26-17-24-11(7-36-17)13(27-35-20(4,5)16(31)32)15(30)25-12-10(23-14(12)29)6-28-9-21-8-22-28/h7-10,12H,6H2,1-5H3,(H,23,29)(H,25,30)(H,31,32)(H,24,26,33)/t10-,12+/m1/s1. The van der Waals surface area contributed by atoms with Gasteiger partial charge in [0.2, 0.25) is 11.5 Å². The Morgan fingerprint density at radius 1 is 1.28 bits per heavy atom. The zero-order valence-corrected chi connectivity index (χ0v) is 21.0. The van der Waals surface area contributed by atoms with Gasteiger partial charge in [-0.2, -0.15) is 5.10 Å². The van der Waals surface area contributed by atoms with E-state index in [0.717, 1.165) is 11.3 Å². The van der Waals surface area contributed by atoms with Gasteiger partial charge in [-0.15, -0.1) is 11.3 Å². The first kappa shape index (κ1) is 26.5. The molecule has 1 aliphatic heterocycles. The number of nitrogens with zero attached hydrogens (tertiary/aromatic N) is 5. The number of amides is 3. The minimum absolute atomic E-state index is 0.0164. The van der Waals surface area contributed by atoms with E-state index in [-0.39, 0.29) is 17.4 Å². The SMILES string of the molecule is CC(C)(C)OC(=O)Nc1nc(C(=NOC(C)(C)C(=O)O)C(=O)N[C@@H]2C(=O)N[C@@H]2Cn2cncn2)cs1. The minimum atomic E-state index is -1.76. The molecule has 36 heavy (non-hydrogen) atoms. The second-order valence-corrected chi connectivity index (χ2v) is 10.1. The molecule has 0 unspecified atom stereocenters. The molecule has 2 aromatic rings. The molecular formula is C20H26N8O7S. The molecule has 2 aromatic heterocycles. The smallest absolute Gasteiger partial charge is 0.413 e. The Bertz CT molecular complexity index is 1170. The summed E-state index contributed by atoms with van der Waals surface area (Å²) in [6.45, 7) is 7.85. The molecule has 194 valence electrons. The van der Waals surface area contributed by atoms with Crippen molar-refractivity contribution < 1.29 is 33.9 Å². The molecule has 2 atom stereocenters. The fourth-order valence-electron chi connectivity index (χ4n) is 2.73. The number of carboxylic acids is 1. The molecule has 3 heterocycles. The third kappa shape index (κ3) is 6.74. The van der Waals surface area contributed by atoms with E-state index in [4.69, 9.17) is 9.57 Å². The first-order valence-corrected chi connectivity index (χ1v) is 11.5. The molecule has 0 aromatic carbocycles. The summed E-state index contributed by atoms with van der Waals surface area (Å²) in [7, 11) is 0. The lowest BCUT2D eigenvalue weighted by atomic mass is 9.98. The zero-order valence-electron chi connectivity index (χ0n) is 20.1. The topological polar surface area (TPSA) is 199 Å². The molecule has 15 nitrogen and oxygen atoms in total. The van der Waals surface area contributed by atoms with Gasteiger partial charge in [-0.3, -0.25) is 19.6 Å². The van der Waals surface area contributed by atoms with E-state index < -0.39 is 52.9 Å². The van der Waals surface area contributed by atoms with Crippen molar-refractivity contribution in [1.29, 1.82) is 0 Å². The molecule has 0 bridgehead atoms. The van der Waals surface area contributed by atoms with Crippen molar-refractivity contribution >= 4 is 46.1 Å². The largest absolute Gasteiger partial charge is 0.478 e. The van der Waals surface area contributed by atoms with E-state index >= 15 is 0 Å². The summed E-state index contributed by atoms with van der Waals surface area (Å²) < 4.78 is 6.67. The molecular weight excluding hydrogens is 496 g/mol. The Morgan fingerprint density at radius 2 is 2.00 bits per heavy atom. The van der Waals surface area contributed by atoms with Gasteiger partial charge in [0.1, 0.15) is 30.0 Å². The molecule has 4 N–H and O–H groups in total. The number of thiazole rings is 1. The third-order valence-electron chi connectivity index (χ3n) is 4.60. The summed E-state index contributed by atoms with van der Waals surface area (Å²) in [6, 6.07) is -1.39. The normalized spacial score (nSPS) is 18.0. The van der Waals surface area contributed by atoms with Crippen LogP contribution >= 0.6 is 11.3 Å². The van der Waals surface area contributed by atoms with E-state index in [2.05, 4.69) is 36.2 Å². The van der Waals surface area contributed by atoms with E-state index in [1.165, 1.54) is 36.6 Å². The van der Waals surface area contributed by atoms with Gasteiger partial charge in [0, 0.05) is 5.38 Å². The Labute approximate surface area is 209 Å². The number of aliphatic carboxylic acids is 1. The van der Waals surface area contributed by atoms with Gasteiger partial charge in [-0.05, 0) is 34.6 Å². The highest BCUT2D eigenvalue weighted by Gasteiger charge is 2.42. The summed E-state index contributed by atoms with van der Waals surface area (Å²) in [5, 5.41) is 26.2. The van der Waals surface area contributed by atoms with Crippen molar-refractivity contribution in [3.8, 4) is 0 Å². The van der Waals surface area contributed by atoms with Crippen LogP contribution in [0, 0.1) is 0 Å². The third-order valence-corrected chi connectivity index (χ3v) is 5.36. The molecule has 0 spiro atoms. The van der Waals surface area contributed by atoms with Gasteiger partial charge in [-0.1, -0.05) is 5.16 Å². The number of carbonyl (C=O) groups is 4. The summed E-state index contributed by atoms with van der Waals surface area (Å²) in [6.07, 6.45) is 2.05. The number of carbonyl (C=O) groups excluding carboxylic acids is 3. The highest BCUT2D eigenvalue weighted by molar-refractivity contribution is 7.14. The lowest BCUT2D eigenvalue weighted by molar-refractivity contribution is -0.161. The molecule has 1 saturated heterocycles. The van der Waals surface area contributed by atoms with E-state index in [1.807, 2.05) is 0 Å². The van der Waals surface area contributed by atoms with Crippen molar-refractivity contribution in [2.24, 2.45) is 5.16 Å². The van der Waals surface area contributed by atoms with Crippen LogP contribution < -0.4 is 16.0 Å². The van der Waals surface area contributed by atoms with Crippen molar-refractivity contribution in [2.75, 3.05) is 5.32 Å². The number of nitrogens with one attached hydrogen (secondary N) is 3. The number of carboxylic acid groups (broad SMARTS) is 1. The van der Waals surface area contributed by atoms with Crippen molar-refractivity contribution in [3.63, 3.8) is 0 Å². The Balaban J connectivity index is 1.79. The number of β-lactam (4-membered cyclic amide) rings is 1. The number of aromatic nitrogens is 4. The monoisotopic (exact) mass is 522 g/mol.